The molecule has 8 aromatic rings. The third-order valence-corrected chi connectivity index (χ3v) is 11.8. The predicted octanol–water partition coefficient (Wildman–Crippen LogP) is 13.7. The third-order valence-electron chi connectivity index (χ3n) is 11.8. The van der Waals surface area contributed by atoms with Crippen LogP contribution in [0.2, 0.25) is 0 Å². The normalized spacial score (nSPS) is 14.6. The SMILES string of the molecule is CC1(C)c2ccccc2-c2cc(N(c3ccc(-c4ccc5ccccc5c4)cc3)c3ccc4c(c3)-c3cc5ccccc5cc3C4(C)C)ccc21. The molecule has 0 saturated heterocycles. The average Bonchev–Trinajstić information content (AvgIpc) is 3.52. The van der Waals surface area contributed by atoms with Crippen molar-refractivity contribution in [3.63, 3.8) is 0 Å². The van der Waals surface area contributed by atoms with Gasteiger partial charge in [-0.2, -0.15) is 0 Å². The van der Waals surface area contributed by atoms with E-state index in [0.29, 0.717) is 0 Å². The molecule has 0 spiro atoms. The van der Waals surface area contributed by atoms with Gasteiger partial charge in [-0.15, -0.1) is 0 Å². The number of hydrogen-bond donors (Lipinski definition) is 0. The maximum absolute atomic E-state index is 2.45. The van der Waals surface area contributed by atoms with Crippen LogP contribution in [0.3, 0.4) is 0 Å². The molecule has 0 aliphatic heterocycles. The Kier molecular flexibility index (Phi) is 6.34. The summed E-state index contributed by atoms with van der Waals surface area (Å²) >= 11 is 0. The van der Waals surface area contributed by atoms with E-state index < -0.39 is 0 Å². The Morgan fingerprint density at radius 1 is 0.314 bits per heavy atom. The van der Waals surface area contributed by atoms with Crippen LogP contribution in [0.15, 0.2) is 164 Å². The van der Waals surface area contributed by atoms with E-state index in [9.17, 15) is 0 Å². The van der Waals surface area contributed by atoms with E-state index in [1.807, 2.05) is 0 Å². The van der Waals surface area contributed by atoms with Crippen LogP contribution < -0.4 is 4.90 Å². The van der Waals surface area contributed by atoms with Crippen LogP contribution >= 0.6 is 0 Å². The Bertz CT molecular complexity index is 2690. The minimum absolute atomic E-state index is 0.0393. The average molecular weight is 654 g/mol. The molecule has 0 aromatic heterocycles. The van der Waals surface area contributed by atoms with Gasteiger partial charge in [0.05, 0.1) is 0 Å². The van der Waals surface area contributed by atoms with E-state index in [1.165, 1.54) is 77.2 Å². The highest BCUT2D eigenvalue weighted by Crippen LogP contribution is 2.53. The lowest BCUT2D eigenvalue weighted by molar-refractivity contribution is 0.660. The summed E-state index contributed by atoms with van der Waals surface area (Å²) in [7, 11) is 0. The van der Waals surface area contributed by atoms with Crippen molar-refractivity contribution in [1.82, 2.24) is 0 Å². The summed E-state index contributed by atoms with van der Waals surface area (Å²) in [6.45, 7) is 9.44. The van der Waals surface area contributed by atoms with Gasteiger partial charge in [-0.25, -0.2) is 0 Å². The van der Waals surface area contributed by atoms with E-state index >= 15 is 0 Å². The van der Waals surface area contributed by atoms with Crippen LogP contribution in [0.25, 0.3) is 54.9 Å². The molecule has 1 heteroatoms. The molecule has 2 aliphatic carbocycles. The van der Waals surface area contributed by atoms with E-state index in [1.54, 1.807) is 0 Å². The summed E-state index contributed by atoms with van der Waals surface area (Å²) in [5, 5.41) is 5.11. The molecular weight excluding hydrogens is 615 g/mol. The van der Waals surface area contributed by atoms with Gasteiger partial charge in [0, 0.05) is 27.9 Å². The highest BCUT2D eigenvalue weighted by Gasteiger charge is 2.37. The van der Waals surface area contributed by atoms with Gasteiger partial charge in [0.25, 0.3) is 0 Å². The lowest BCUT2D eigenvalue weighted by Crippen LogP contribution is -2.16. The summed E-state index contributed by atoms with van der Waals surface area (Å²) in [4.78, 5) is 2.45. The molecule has 2 aliphatic rings. The largest absolute Gasteiger partial charge is 0.310 e. The van der Waals surface area contributed by atoms with Gasteiger partial charge in [0.15, 0.2) is 0 Å². The fourth-order valence-corrected chi connectivity index (χ4v) is 9.03. The zero-order valence-electron chi connectivity index (χ0n) is 29.5. The fourth-order valence-electron chi connectivity index (χ4n) is 9.03. The summed E-state index contributed by atoms with van der Waals surface area (Å²) in [5.41, 5.74) is 16.7. The van der Waals surface area contributed by atoms with Crippen LogP contribution in [0.5, 0.6) is 0 Å². The van der Waals surface area contributed by atoms with Crippen molar-refractivity contribution in [2.45, 2.75) is 38.5 Å². The number of fused-ring (bicyclic) bond motifs is 8. The van der Waals surface area contributed by atoms with Crippen molar-refractivity contribution in [3.05, 3.63) is 186 Å². The van der Waals surface area contributed by atoms with Crippen molar-refractivity contribution < 1.29 is 0 Å². The molecule has 0 radical (unpaired) electrons. The first kappa shape index (κ1) is 29.9. The van der Waals surface area contributed by atoms with Crippen molar-refractivity contribution in [3.8, 4) is 33.4 Å². The van der Waals surface area contributed by atoms with E-state index in [4.69, 9.17) is 0 Å². The number of benzene rings is 8. The summed E-state index contributed by atoms with van der Waals surface area (Å²) in [5.74, 6) is 0. The van der Waals surface area contributed by atoms with Gasteiger partial charge in [0.1, 0.15) is 0 Å². The van der Waals surface area contributed by atoms with Crippen molar-refractivity contribution >= 4 is 38.6 Å². The lowest BCUT2D eigenvalue weighted by Gasteiger charge is -2.28. The molecule has 0 unspecified atom stereocenters. The molecule has 1 nitrogen and oxygen atoms in total. The molecule has 0 bridgehead atoms. The van der Waals surface area contributed by atoms with Crippen molar-refractivity contribution in [2.24, 2.45) is 0 Å². The van der Waals surface area contributed by atoms with Crippen molar-refractivity contribution in [1.29, 1.82) is 0 Å². The molecule has 8 aromatic carbocycles. The Morgan fingerprint density at radius 2 is 0.784 bits per heavy atom. The van der Waals surface area contributed by atoms with Gasteiger partial charge in [-0.05, 0) is 132 Å². The Morgan fingerprint density at radius 3 is 1.47 bits per heavy atom. The second-order valence-electron chi connectivity index (χ2n) is 15.4. The van der Waals surface area contributed by atoms with E-state index in [0.717, 1.165) is 17.1 Å². The summed E-state index contributed by atoms with van der Waals surface area (Å²) < 4.78 is 0. The standard InChI is InChI=1S/C50H39N/c1-49(2)45-16-10-9-15-41(45)43-30-39(23-25-46(43)49)51(38-21-19-33(20-22-38)37-18-17-32-11-5-6-12-34(32)27-37)40-24-26-47-44(31-40)42-28-35-13-7-8-14-36(35)29-48(42)50(47,3)4/h5-31H,1-4H3. The number of nitrogens with zero attached hydrogens (tertiary/aromatic N) is 1. The summed E-state index contributed by atoms with van der Waals surface area (Å²) in [6, 6.07) is 61.2. The second-order valence-corrected chi connectivity index (χ2v) is 15.4. The molecule has 244 valence electrons. The van der Waals surface area contributed by atoms with Gasteiger partial charge in [-0.3, -0.25) is 0 Å². The highest BCUT2D eigenvalue weighted by atomic mass is 15.1. The Hall–Kier alpha value is -5.92. The van der Waals surface area contributed by atoms with Crippen LogP contribution in [0, 0.1) is 0 Å². The quantitative estimate of drug-likeness (QED) is 0.183. The third kappa shape index (κ3) is 4.47. The predicted molar refractivity (Wildman–Crippen MR) is 217 cm³/mol. The summed E-state index contributed by atoms with van der Waals surface area (Å²) in [6.07, 6.45) is 0. The van der Waals surface area contributed by atoms with Gasteiger partial charge >= 0.3 is 0 Å². The Balaban J connectivity index is 1.14. The highest BCUT2D eigenvalue weighted by molar-refractivity contribution is 5.96. The molecular formula is C50H39N. The van der Waals surface area contributed by atoms with Gasteiger partial charge in [-0.1, -0.05) is 137 Å². The first-order valence-electron chi connectivity index (χ1n) is 18.1. The van der Waals surface area contributed by atoms with E-state index in [-0.39, 0.29) is 10.8 Å². The Labute approximate surface area is 300 Å². The van der Waals surface area contributed by atoms with Gasteiger partial charge < -0.3 is 4.90 Å². The van der Waals surface area contributed by atoms with Crippen LogP contribution in [0.1, 0.15) is 49.9 Å². The number of anilines is 3. The first-order valence-corrected chi connectivity index (χ1v) is 18.1. The molecule has 0 amide bonds. The maximum atomic E-state index is 2.45. The minimum atomic E-state index is -0.0809. The first-order chi connectivity index (χ1) is 24.8. The maximum Gasteiger partial charge on any atom is 0.0468 e. The molecule has 0 fully saturated rings. The van der Waals surface area contributed by atoms with Crippen molar-refractivity contribution in [2.75, 3.05) is 4.90 Å². The fraction of sp³-hybridized carbons (Fsp3) is 0.120. The minimum Gasteiger partial charge on any atom is -0.310 e. The van der Waals surface area contributed by atoms with Crippen LogP contribution in [-0.4, -0.2) is 0 Å². The molecule has 0 saturated carbocycles. The van der Waals surface area contributed by atoms with Gasteiger partial charge in [0.2, 0.25) is 0 Å². The molecule has 0 N–H and O–H groups in total. The lowest BCUT2D eigenvalue weighted by atomic mass is 9.82. The van der Waals surface area contributed by atoms with E-state index in [2.05, 4.69) is 196 Å². The van der Waals surface area contributed by atoms with Crippen LogP contribution in [-0.2, 0) is 10.8 Å². The smallest absolute Gasteiger partial charge is 0.0468 e. The number of rotatable bonds is 4. The topological polar surface area (TPSA) is 3.24 Å². The number of hydrogen-bond acceptors (Lipinski definition) is 1. The molecule has 0 atom stereocenters. The molecule has 51 heavy (non-hydrogen) atoms. The monoisotopic (exact) mass is 653 g/mol. The zero-order valence-corrected chi connectivity index (χ0v) is 29.5. The molecule has 0 heterocycles. The van der Waals surface area contributed by atoms with Crippen LogP contribution in [0.4, 0.5) is 17.1 Å². The molecule has 10 rings (SSSR count). The second kappa shape index (κ2) is 10.8. The zero-order chi connectivity index (χ0) is 34.5.